The lowest BCUT2D eigenvalue weighted by molar-refractivity contribution is -0.113. The molecule has 6 nitrogen and oxygen atoms in total. The van der Waals surface area contributed by atoms with Crippen molar-refractivity contribution in [3.05, 3.63) is 70.4 Å². The van der Waals surface area contributed by atoms with Gasteiger partial charge in [0.05, 0.1) is 24.4 Å². The Balaban J connectivity index is 1.74. The van der Waals surface area contributed by atoms with E-state index in [0.29, 0.717) is 27.7 Å². The highest BCUT2D eigenvalue weighted by molar-refractivity contribution is 6.30. The Morgan fingerprint density at radius 1 is 1.17 bits per heavy atom. The van der Waals surface area contributed by atoms with Gasteiger partial charge in [-0.1, -0.05) is 35.9 Å². The summed E-state index contributed by atoms with van der Waals surface area (Å²) in [5.41, 5.74) is 2.54. The Bertz CT molecular complexity index is 983. The number of nitrogens with one attached hydrogen (secondary N) is 2. The summed E-state index contributed by atoms with van der Waals surface area (Å²) in [4.78, 5) is 27.8. The van der Waals surface area contributed by atoms with Crippen molar-refractivity contribution in [1.82, 2.24) is 10.2 Å². The molecule has 0 unspecified atom stereocenters. The van der Waals surface area contributed by atoms with Crippen LogP contribution in [0.3, 0.4) is 0 Å². The lowest BCUT2D eigenvalue weighted by atomic mass is 9.94. The van der Waals surface area contributed by atoms with E-state index in [0.717, 1.165) is 18.4 Å². The fraction of sp³-hybridized carbons (Fsp3) is 0.273. The third-order valence-electron chi connectivity index (χ3n) is 5.24. The van der Waals surface area contributed by atoms with Crippen LogP contribution in [0.15, 0.2) is 59.8 Å². The summed E-state index contributed by atoms with van der Waals surface area (Å²) in [6.07, 6.45) is 1.88. The third-order valence-corrected chi connectivity index (χ3v) is 5.49. The number of urea groups is 1. The predicted octanol–water partition coefficient (Wildman–Crippen LogP) is 4.49. The van der Waals surface area contributed by atoms with Gasteiger partial charge in [-0.3, -0.25) is 9.69 Å². The van der Waals surface area contributed by atoms with Crippen LogP contribution < -0.4 is 15.4 Å². The van der Waals surface area contributed by atoms with Crippen molar-refractivity contribution in [2.75, 3.05) is 12.4 Å². The minimum absolute atomic E-state index is 0.148. The van der Waals surface area contributed by atoms with Gasteiger partial charge in [0.25, 0.3) is 5.91 Å². The van der Waals surface area contributed by atoms with Gasteiger partial charge in [0.15, 0.2) is 0 Å². The molecule has 0 aromatic heterocycles. The predicted molar refractivity (Wildman–Crippen MR) is 112 cm³/mol. The van der Waals surface area contributed by atoms with Crippen LogP contribution in [0, 0.1) is 0 Å². The zero-order chi connectivity index (χ0) is 20.5. The number of benzene rings is 2. The average molecular weight is 412 g/mol. The van der Waals surface area contributed by atoms with Crippen LogP contribution in [0.2, 0.25) is 5.02 Å². The van der Waals surface area contributed by atoms with E-state index >= 15 is 0 Å². The number of methoxy groups -OCH3 is 1. The molecule has 0 bridgehead atoms. The normalized spacial score (nSPS) is 19.1. The molecule has 1 atom stereocenters. The Hall–Kier alpha value is -2.99. The van der Waals surface area contributed by atoms with Crippen molar-refractivity contribution >= 4 is 29.2 Å². The number of allylic oxidation sites excluding steroid dienone is 1. The lowest BCUT2D eigenvalue weighted by Gasteiger charge is -2.36. The third kappa shape index (κ3) is 3.80. The molecule has 0 spiro atoms. The second-order valence-electron chi connectivity index (χ2n) is 7.19. The molecular formula is C22H22ClN3O3. The molecule has 2 aromatic rings. The number of halogens is 1. The summed E-state index contributed by atoms with van der Waals surface area (Å²) in [5.74, 6) is 0.290. The van der Waals surface area contributed by atoms with Gasteiger partial charge in [0.1, 0.15) is 5.75 Å². The summed E-state index contributed by atoms with van der Waals surface area (Å²) in [6.45, 7) is 1.83. The highest BCUT2D eigenvalue weighted by Gasteiger charge is 2.42. The molecule has 1 fully saturated rings. The maximum atomic E-state index is 13.4. The molecule has 7 heteroatoms. The first-order chi connectivity index (χ1) is 14.0. The maximum Gasteiger partial charge on any atom is 0.322 e. The summed E-state index contributed by atoms with van der Waals surface area (Å²) in [7, 11) is 1.56. The van der Waals surface area contributed by atoms with Crippen LogP contribution in [0.4, 0.5) is 10.5 Å². The van der Waals surface area contributed by atoms with E-state index in [1.807, 2.05) is 31.2 Å². The van der Waals surface area contributed by atoms with Crippen LogP contribution in [-0.4, -0.2) is 30.0 Å². The van der Waals surface area contributed by atoms with E-state index in [2.05, 4.69) is 10.6 Å². The van der Waals surface area contributed by atoms with E-state index in [1.165, 1.54) is 0 Å². The molecule has 2 N–H and O–H groups in total. The highest BCUT2D eigenvalue weighted by Crippen LogP contribution is 2.38. The molecule has 1 aliphatic heterocycles. The molecule has 4 rings (SSSR count). The number of ether oxygens (including phenoxy) is 1. The Labute approximate surface area is 174 Å². The Kier molecular flexibility index (Phi) is 5.20. The van der Waals surface area contributed by atoms with Crippen molar-refractivity contribution < 1.29 is 14.3 Å². The zero-order valence-electron chi connectivity index (χ0n) is 16.2. The van der Waals surface area contributed by atoms with Gasteiger partial charge >= 0.3 is 6.03 Å². The fourth-order valence-corrected chi connectivity index (χ4v) is 3.79. The van der Waals surface area contributed by atoms with Gasteiger partial charge in [-0.25, -0.2) is 4.79 Å². The van der Waals surface area contributed by atoms with Gasteiger partial charge < -0.3 is 15.4 Å². The molecule has 2 aromatic carbocycles. The quantitative estimate of drug-likeness (QED) is 0.761. The average Bonchev–Trinajstić information content (AvgIpc) is 3.53. The maximum absolute atomic E-state index is 13.4. The molecule has 0 radical (unpaired) electrons. The fourth-order valence-electron chi connectivity index (χ4n) is 3.67. The van der Waals surface area contributed by atoms with E-state index in [-0.39, 0.29) is 18.0 Å². The van der Waals surface area contributed by atoms with Crippen LogP contribution in [0.25, 0.3) is 0 Å². The molecule has 3 amide bonds. The van der Waals surface area contributed by atoms with Crippen molar-refractivity contribution in [2.45, 2.75) is 31.8 Å². The van der Waals surface area contributed by atoms with Crippen molar-refractivity contribution in [3.8, 4) is 5.75 Å². The standard InChI is InChI=1S/C22H22ClN3O3/c1-13-19(21(27)24-17-5-3-4-6-18(17)29-2)20(14-7-9-15(23)10-8-14)25-22(28)26(13)16-11-12-16/h3-10,16,20H,11-12H2,1-2H3,(H,24,27)(H,25,28)/t20-/m1/s1. The van der Waals surface area contributed by atoms with Crippen LogP contribution in [0.1, 0.15) is 31.4 Å². The summed E-state index contributed by atoms with van der Waals surface area (Å²) >= 11 is 6.02. The van der Waals surface area contributed by atoms with Crippen molar-refractivity contribution in [3.63, 3.8) is 0 Å². The van der Waals surface area contributed by atoms with Crippen LogP contribution >= 0.6 is 11.6 Å². The number of para-hydroxylation sites is 2. The molecule has 150 valence electrons. The van der Waals surface area contributed by atoms with Crippen LogP contribution in [0.5, 0.6) is 5.75 Å². The Morgan fingerprint density at radius 2 is 1.86 bits per heavy atom. The van der Waals surface area contributed by atoms with E-state index in [4.69, 9.17) is 16.3 Å². The topological polar surface area (TPSA) is 70.7 Å². The van der Waals surface area contributed by atoms with Gasteiger partial charge in [-0.15, -0.1) is 0 Å². The first-order valence-electron chi connectivity index (χ1n) is 9.50. The van der Waals surface area contributed by atoms with Gasteiger partial charge in [0.2, 0.25) is 0 Å². The molecule has 2 aliphatic rings. The van der Waals surface area contributed by atoms with Gasteiger partial charge in [-0.05, 0) is 49.6 Å². The number of hydrogen-bond donors (Lipinski definition) is 2. The minimum Gasteiger partial charge on any atom is -0.495 e. The van der Waals surface area contributed by atoms with Crippen LogP contribution in [-0.2, 0) is 4.79 Å². The van der Waals surface area contributed by atoms with E-state index in [1.54, 1.807) is 36.3 Å². The first kappa shape index (κ1) is 19.3. The largest absolute Gasteiger partial charge is 0.495 e. The molecule has 29 heavy (non-hydrogen) atoms. The number of carbonyl (C=O) groups excluding carboxylic acids is 2. The first-order valence-corrected chi connectivity index (χ1v) is 9.87. The number of nitrogens with zero attached hydrogens (tertiary/aromatic N) is 1. The van der Waals surface area contributed by atoms with Gasteiger partial charge in [-0.2, -0.15) is 0 Å². The summed E-state index contributed by atoms with van der Waals surface area (Å²) in [5, 5.41) is 6.53. The lowest BCUT2D eigenvalue weighted by Crippen LogP contribution is -2.49. The number of anilines is 1. The summed E-state index contributed by atoms with van der Waals surface area (Å²) < 4.78 is 5.35. The Morgan fingerprint density at radius 3 is 2.52 bits per heavy atom. The van der Waals surface area contributed by atoms with Gasteiger partial charge in [0, 0.05) is 16.8 Å². The zero-order valence-corrected chi connectivity index (χ0v) is 17.0. The smallest absolute Gasteiger partial charge is 0.322 e. The number of carbonyl (C=O) groups is 2. The molecule has 1 heterocycles. The van der Waals surface area contributed by atoms with E-state index < -0.39 is 6.04 Å². The number of amides is 3. The molecule has 1 saturated carbocycles. The second-order valence-corrected chi connectivity index (χ2v) is 7.63. The SMILES string of the molecule is COc1ccccc1NC(=O)C1=C(C)N(C2CC2)C(=O)N[C@@H]1c1ccc(Cl)cc1. The summed E-state index contributed by atoms with van der Waals surface area (Å²) in [6, 6.07) is 13.8. The molecule has 0 saturated heterocycles. The second kappa shape index (κ2) is 7.79. The van der Waals surface area contributed by atoms with Crippen molar-refractivity contribution in [2.24, 2.45) is 0 Å². The molecule has 1 aliphatic carbocycles. The van der Waals surface area contributed by atoms with E-state index in [9.17, 15) is 9.59 Å². The highest BCUT2D eigenvalue weighted by atomic mass is 35.5. The minimum atomic E-state index is -0.565. The number of hydrogen-bond acceptors (Lipinski definition) is 3. The van der Waals surface area contributed by atoms with Crippen molar-refractivity contribution in [1.29, 1.82) is 0 Å². The monoisotopic (exact) mass is 411 g/mol. The molecular weight excluding hydrogens is 390 g/mol. The number of rotatable bonds is 5.